The molecule has 0 fully saturated rings. The van der Waals surface area contributed by atoms with E-state index < -0.39 is 5.69 Å². The summed E-state index contributed by atoms with van der Waals surface area (Å²) in [6, 6.07) is 12.6. The molecule has 2 aromatic carbocycles. The molecule has 1 heterocycles. The summed E-state index contributed by atoms with van der Waals surface area (Å²) in [5, 5.41) is 3.96. The summed E-state index contributed by atoms with van der Waals surface area (Å²) in [7, 11) is 0. The Labute approximate surface area is 174 Å². The quantitative estimate of drug-likeness (QED) is 0.563. The average molecular weight is 465 g/mol. The highest BCUT2D eigenvalue weighted by Gasteiger charge is 2.09. The zero-order valence-electron chi connectivity index (χ0n) is 15.0. The molecule has 0 radical (unpaired) electrons. The van der Waals surface area contributed by atoms with Crippen LogP contribution in [0.1, 0.15) is 18.4 Å². The Bertz CT molecular complexity index is 1110. The van der Waals surface area contributed by atoms with Gasteiger partial charge in [0.15, 0.2) is 0 Å². The lowest BCUT2D eigenvalue weighted by atomic mass is 10.1. The van der Waals surface area contributed by atoms with E-state index in [2.05, 4.69) is 26.2 Å². The number of carbonyl (C=O) groups excluding carboxylic acids is 1. The maximum atomic E-state index is 12.5. The molecule has 0 aliphatic rings. The van der Waals surface area contributed by atoms with Crippen molar-refractivity contribution in [3.63, 3.8) is 0 Å². The number of fused-ring (bicyclic) bond motifs is 1. The predicted molar refractivity (Wildman–Crippen MR) is 114 cm³/mol. The smallest absolute Gasteiger partial charge is 0.328 e. The SMILES string of the molecule is O=C(CCCn1c(=O)[nH]c2ccc(Br)cc2c1=O)NCCc1ccc(Cl)cc1. The van der Waals surface area contributed by atoms with Crippen molar-refractivity contribution in [3.8, 4) is 0 Å². The van der Waals surface area contributed by atoms with Crippen LogP contribution in [0.2, 0.25) is 5.02 Å². The number of hydrogen-bond acceptors (Lipinski definition) is 3. The van der Waals surface area contributed by atoms with Gasteiger partial charge in [0.05, 0.1) is 10.9 Å². The molecule has 0 bridgehead atoms. The van der Waals surface area contributed by atoms with Gasteiger partial charge in [0.25, 0.3) is 5.56 Å². The van der Waals surface area contributed by atoms with Gasteiger partial charge < -0.3 is 10.3 Å². The standard InChI is InChI=1S/C20H19BrClN3O3/c21-14-5-8-17-16(12-14)19(27)25(20(28)24-17)11-1-2-18(26)23-10-9-13-3-6-15(22)7-4-13/h3-8,12H,1-2,9-11H2,(H,23,26)(H,24,28). The molecule has 1 aromatic heterocycles. The van der Waals surface area contributed by atoms with Crippen LogP contribution in [0.4, 0.5) is 0 Å². The van der Waals surface area contributed by atoms with Crippen LogP contribution in [-0.4, -0.2) is 22.0 Å². The summed E-state index contributed by atoms with van der Waals surface area (Å²) in [4.78, 5) is 39.4. The molecule has 8 heteroatoms. The number of amides is 1. The van der Waals surface area contributed by atoms with E-state index in [0.717, 1.165) is 14.6 Å². The summed E-state index contributed by atoms with van der Waals surface area (Å²) in [6.07, 6.45) is 1.35. The Morgan fingerprint density at radius 3 is 2.64 bits per heavy atom. The minimum absolute atomic E-state index is 0.109. The lowest BCUT2D eigenvalue weighted by molar-refractivity contribution is -0.121. The summed E-state index contributed by atoms with van der Waals surface area (Å²) < 4.78 is 1.89. The normalized spacial score (nSPS) is 10.9. The lowest BCUT2D eigenvalue weighted by Gasteiger charge is -2.08. The topological polar surface area (TPSA) is 84.0 Å². The molecule has 1 amide bonds. The Morgan fingerprint density at radius 2 is 1.89 bits per heavy atom. The van der Waals surface area contributed by atoms with Gasteiger partial charge >= 0.3 is 5.69 Å². The van der Waals surface area contributed by atoms with Crippen LogP contribution in [0.5, 0.6) is 0 Å². The van der Waals surface area contributed by atoms with Crippen molar-refractivity contribution in [1.82, 2.24) is 14.9 Å². The van der Waals surface area contributed by atoms with E-state index >= 15 is 0 Å². The molecule has 6 nitrogen and oxygen atoms in total. The fraction of sp³-hybridized carbons (Fsp3) is 0.250. The number of nitrogens with one attached hydrogen (secondary N) is 2. The van der Waals surface area contributed by atoms with Crippen molar-refractivity contribution in [2.75, 3.05) is 6.54 Å². The fourth-order valence-electron chi connectivity index (χ4n) is 2.91. The largest absolute Gasteiger partial charge is 0.356 e. The highest BCUT2D eigenvalue weighted by molar-refractivity contribution is 9.10. The number of carbonyl (C=O) groups is 1. The zero-order valence-corrected chi connectivity index (χ0v) is 17.3. The second-order valence-electron chi connectivity index (χ2n) is 6.41. The lowest BCUT2D eigenvalue weighted by Crippen LogP contribution is -2.35. The van der Waals surface area contributed by atoms with Gasteiger partial charge in [-0.2, -0.15) is 0 Å². The van der Waals surface area contributed by atoms with Crippen LogP contribution in [0, 0.1) is 0 Å². The highest BCUT2D eigenvalue weighted by Crippen LogP contribution is 2.14. The second kappa shape index (κ2) is 9.21. The third-order valence-corrected chi connectivity index (χ3v) is 5.12. The van der Waals surface area contributed by atoms with Crippen molar-refractivity contribution in [2.45, 2.75) is 25.8 Å². The maximum absolute atomic E-state index is 12.5. The van der Waals surface area contributed by atoms with E-state index in [0.29, 0.717) is 35.3 Å². The first-order valence-corrected chi connectivity index (χ1v) is 10.0. The van der Waals surface area contributed by atoms with E-state index in [1.54, 1.807) is 18.2 Å². The molecule has 0 unspecified atom stereocenters. The van der Waals surface area contributed by atoms with E-state index in [-0.39, 0.29) is 24.4 Å². The van der Waals surface area contributed by atoms with Gasteiger partial charge in [0, 0.05) is 29.0 Å². The molecule has 146 valence electrons. The van der Waals surface area contributed by atoms with Gasteiger partial charge in [0.2, 0.25) is 5.91 Å². The molecule has 2 N–H and O–H groups in total. The van der Waals surface area contributed by atoms with Gasteiger partial charge in [-0.25, -0.2) is 4.79 Å². The number of H-pyrrole nitrogens is 1. The fourth-order valence-corrected chi connectivity index (χ4v) is 3.40. The highest BCUT2D eigenvalue weighted by atomic mass is 79.9. The van der Waals surface area contributed by atoms with Crippen LogP contribution in [0.25, 0.3) is 10.9 Å². The number of rotatable bonds is 7. The van der Waals surface area contributed by atoms with Crippen LogP contribution in [0.3, 0.4) is 0 Å². The van der Waals surface area contributed by atoms with E-state index in [4.69, 9.17) is 11.6 Å². The summed E-state index contributed by atoms with van der Waals surface area (Å²) in [5.74, 6) is -0.109. The van der Waals surface area contributed by atoms with Crippen molar-refractivity contribution in [2.24, 2.45) is 0 Å². The first kappa shape index (κ1) is 20.4. The zero-order chi connectivity index (χ0) is 20.1. The predicted octanol–water partition coefficient (Wildman–Crippen LogP) is 3.24. The molecule has 3 aromatic rings. The van der Waals surface area contributed by atoms with Crippen LogP contribution >= 0.6 is 27.5 Å². The minimum Gasteiger partial charge on any atom is -0.356 e. The molecule has 0 aliphatic carbocycles. The molecule has 0 aliphatic heterocycles. The number of nitrogens with zero attached hydrogens (tertiary/aromatic N) is 1. The van der Waals surface area contributed by atoms with Gasteiger partial charge in [0.1, 0.15) is 0 Å². The summed E-state index contributed by atoms with van der Waals surface area (Å²) in [5.41, 5.74) is 0.755. The minimum atomic E-state index is -0.469. The molecule has 28 heavy (non-hydrogen) atoms. The van der Waals surface area contributed by atoms with Gasteiger partial charge in [-0.1, -0.05) is 39.7 Å². The molecule has 0 saturated carbocycles. The third kappa shape index (κ3) is 5.11. The molecular formula is C20H19BrClN3O3. The molecular weight excluding hydrogens is 446 g/mol. The first-order chi connectivity index (χ1) is 13.4. The molecule has 0 atom stereocenters. The first-order valence-electron chi connectivity index (χ1n) is 8.87. The number of aromatic amines is 1. The number of halogens is 2. The van der Waals surface area contributed by atoms with Crippen LogP contribution < -0.4 is 16.6 Å². The van der Waals surface area contributed by atoms with Crippen LogP contribution in [-0.2, 0) is 17.8 Å². The Balaban J connectivity index is 1.53. The van der Waals surface area contributed by atoms with Gasteiger partial charge in [-0.15, -0.1) is 0 Å². The summed E-state index contributed by atoms with van der Waals surface area (Å²) >= 11 is 9.17. The Hall–Kier alpha value is -2.38. The van der Waals surface area contributed by atoms with E-state index in [1.807, 2.05) is 24.3 Å². The Kier molecular flexibility index (Phi) is 6.70. The maximum Gasteiger partial charge on any atom is 0.328 e. The van der Waals surface area contributed by atoms with Gasteiger partial charge in [-0.05, 0) is 48.7 Å². The average Bonchev–Trinajstić information content (AvgIpc) is 2.67. The van der Waals surface area contributed by atoms with Crippen LogP contribution in [0.15, 0.2) is 56.5 Å². The van der Waals surface area contributed by atoms with Crippen molar-refractivity contribution in [1.29, 1.82) is 0 Å². The Morgan fingerprint density at radius 1 is 1.14 bits per heavy atom. The number of hydrogen-bond donors (Lipinski definition) is 2. The molecule has 3 rings (SSSR count). The monoisotopic (exact) mass is 463 g/mol. The van der Waals surface area contributed by atoms with Crippen molar-refractivity contribution < 1.29 is 4.79 Å². The van der Waals surface area contributed by atoms with Crippen molar-refractivity contribution in [3.05, 3.63) is 78.4 Å². The number of benzene rings is 2. The number of aromatic nitrogens is 2. The third-order valence-electron chi connectivity index (χ3n) is 4.38. The molecule has 0 spiro atoms. The van der Waals surface area contributed by atoms with E-state index in [9.17, 15) is 14.4 Å². The summed E-state index contributed by atoms with van der Waals surface area (Å²) in [6.45, 7) is 0.701. The van der Waals surface area contributed by atoms with Crippen molar-refractivity contribution >= 4 is 44.3 Å². The second-order valence-corrected chi connectivity index (χ2v) is 7.76. The van der Waals surface area contributed by atoms with E-state index in [1.165, 1.54) is 0 Å². The molecule has 0 saturated heterocycles. The van der Waals surface area contributed by atoms with Gasteiger partial charge in [-0.3, -0.25) is 14.2 Å².